The molecule has 28 heavy (non-hydrogen) atoms. The smallest absolute Gasteiger partial charge is 0.279 e. The van der Waals surface area contributed by atoms with E-state index < -0.39 is 0 Å². The molecule has 1 heterocycles. The highest BCUT2D eigenvalue weighted by Gasteiger charge is 2.13. The topological polar surface area (TPSA) is 62.1 Å². The van der Waals surface area contributed by atoms with E-state index >= 15 is 0 Å². The summed E-state index contributed by atoms with van der Waals surface area (Å²) in [4.78, 5) is 18.7. The Labute approximate surface area is 167 Å². The number of carbonyl (C=O) groups excluding carboxylic acids is 1. The van der Waals surface area contributed by atoms with Gasteiger partial charge in [-0.2, -0.15) is 4.99 Å². The molecular weight excluding hydrogens is 376 g/mol. The van der Waals surface area contributed by atoms with Crippen LogP contribution in [0.25, 0.3) is 11.3 Å². The maximum Gasteiger partial charge on any atom is 0.279 e. The first-order valence-electron chi connectivity index (χ1n) is 8.60. The zero-order valence-electron chi connectivity index (χ0n) is 16.5. The van der Waals surface area contributed by atoms with Gasteiger partial charge in [-0.05, 0) is 55.0 Å². The van der Waals surface area contributed by atoms with Gasteiger partial charge in [0, 0.05) is 17.5 Å². The quantitative estimate of drug-likeness (QED) is 0.655. The first-order valence-corrected chi connectivity index (χ1v) is 9.42. The van der Waals surface area contributed by atoms with Crippen molar-refractivity contribution in [3.05, 3.63) is 57.7 Å². The van der Waals surface area contributed by atoms with Crippen LogP contribution in [0.5, 0.6) is 17.2 Å². The van der Waals surface area contributed by atoms with Crippen LogP contribution in [-0.2, 0) is 7.05 Å². The molecule has 7 heteroatoms. The third-order valence-electron chi connectivity index (χ3n) is 4.39. The van der Waals surface area contributed by atoms with Crippen molar-refractivity contribution >= 4 is 17.2 Å². The molecule has 1 amide bonds. The summed E-state index contributed by atoms with van der Waals surface area (Å²) in [5.41, 5.74) is 2.50. The van der Waals surface area contributed by atoms with E-state index in [1.807, 2.05) is 42.8 Å². The van der Waals surface area contributed by atoms with Gasteiger partial charge >= 0.3 is 0 Å². The molecule has 0 N–H and O–H groups in total. The Balaban J connectivity index is 2.00. The Morgan fingerprint density at radius 1 is 0.964 bits per heavy atom. The summed E-state index contributed by atoms with van der Waals surface area (Å²) in [6.45, 7) is 2.02. The van der Waals surface area contributed by atoms with Gasteiger partial charge < -0.3 is 18.8 Å². The summed E-state index contributed by atoms with van der Waals surface area (Å²) >= 11 is 1.47. The molecule has 0 bridgehead atoms. The number of carbonyl (C=O) groups is 1. The predicted molar refractivity (Wildman–Crippen MR) is 109 cm³/mol. The molecule has 0 aliphatic rings. The number of thiazole rings is 1. The van der Waals surface area contributed by atoms with Gasteiger partial charge in [0.2, 0.25) is 0 Å². The number of ether oxygens (including phenoxy) is 3. The van der Waals surface area contributed by atoms with E-state index in [1.165, 1.54) is 18.4 Å². The van der Waals surface area contributed by atoms with Crippen molar-refractivity contribution in [2.24, 2.45) is 12.0 Å². The van der Waals surface area contributed by atoms with Gasteiger partial charge in [0.15, 0.2) is 16.3 Å². The van der Waals surface area contributed by atoms with E-state index in [0.29, 0.717) is 21.9 Å². The molecule has 0 fully saturated rings. The molecule has 0 unspecified atom stereocenters. The molecular formula is C21H22N2O4S. The second-order valence-corrected chi connectivity index (χ2v) is 7.25. The molecule has 0 aliphatic carbocycles. The summed E-state index contributed by atoms with van der Waals surface area (Å²) in [5.74, 6) is 1.53. The fourth-order valence-electron chi connectivity index (χ4n) is 2.95. The minimum absolute atomic E-state index is 0.334. The van der Waals surface area contributed by atoms with Gasteiger partial charge in [-0.3, -0.25) is 4.79 Å². The average Bonchev–Trinajstić information content (AvgIpc) is 3.00. The SMILES string of the molecule is COc1ccc(-c2c(C)sc(=NC(=O)c3ccc(OC)c(OC)c3)n2C)cc1. The molecule has 3 rings (SSSR count). The van der Waals surface area contributed by atoms with Crippen molar-refractivity contribution in [2.75, 3.05) is 21.3 Å². The summed E-state index contributed by atoms with van der Waals surface area (Å²) in [5, 5.41) is 0. The summed E-state index contributed by atoms with van der Waals surface area (Å²) in [6, 6.07) is 12.8. The van der Waals surface area contributed by atoms with Crippen molar-refractivity contribution in [3.63, 3.8) is 0 Å². The number of hydrogen-bond acceptors (Lipinski definition) is 5. The largest absolute Gasteiger partial charge is 0.497 e. The van der Waals surface area contributed by atoms with E-state index in [4.69, 9.17) is 14.2 Å². The number of amides is 1. The Morgan fingerprint density at radius 3 is 2.25 bits per heavy atom. The number of aryl methyl sites for hydroxylation is 1. The van der Waals surface area contributed by atoms with Crippen LogP contribution >= 0.6 is 11.3 Å². The number of hydrogen-bond donors (Lipinski definition) is 0. The summed E-state index contributed by atoms with van der Waals surface area (Å²) in [6.07, 6.45) is 0. The second kappa shape index (κ2) is 8.31. The number of aromatic nitrogens is 1. The summed E-state index contributed by atoms with van der Waals surface area (Å²) < 4.78 is 17.6. The molecule has 0 aliphatic heterocycles. The van der Waals surface area contributed by atoms with Gasteiger partial charge in [-0.1, -0.05) is 0 Å². The maximum atomic E-state index is 12.7. The highest BCUT2D eigenvalue weighted by Crippen LogP contribution is 2.28. The molecule has 6 nitrogen and oxygen atoms in total. The molecule has 0 radical (unpaired) electrons. The molecule has 0 atom stereocenters. The van der Waals surface area contributed by atoms with Gasteiger partial charge in [0.1, 0.15) is 5.75 Å². The van der Waals surface area contributed by atoms with Crippen LogP contribution in [0.15, 0.2) is 47.5 Å². The van der Waals surface area contributed by atoms with Crippen molar-refractivity contribution < 1.29 is 19.0 Å². The van der Waals surface area contributed by atoms with Crippen molar-refractivity contribution in [1.29, 1.82) is 0 Å². The molecule has 0 saturated heterocycles. The Kier molecular flexibility index (Phi) is 5.84. The lowest BCUT2D eigenvalue weighted by Gasteiger charge is -2.08. The molecule has 1 aromatic heterocycles. The third-order valence-corrected chi connectivity index (χ3v) is 5.44. The van der Waals surface area contributed by atoms with E-state index in [2.05, 4.69) is 4.99 Å². The zero-order chi connectivity index (χ0) is 20.3. The fraction of sp³-hybridized carbons (Fsp3) is 0.238. The third kappa shape index (κ3) is 3.80. The average molecular weight is 398 g/mol. The molecule has 3 aromatic rings. The normalized spacial score (nSPS) is 11.4. The number of rotatable bonds is 5. The molecule has 146 valence electrons. The maximum absolute atomic E-state index is 12.7. The van der Waals surface area contributed by atoms with E-state index in [-0.39, 0.29) is 5.91 Å². The van der Waals surface area contributed by atoms with Crippen LogP contribution < -0.4 is 19.0 Å². The first kappa shape index (κ1) is 19.7. The molecule has 0 saturated carbocycles. The Bertz CT molecular complexity index is 1060. The van der Waals surface area contributed by atoms with Gasteiger partial charge in [-0.25, -0.2) is 0 Å². The predicted octanol–water partition coefficient (Wildman–Crippen LogP) is 3.83. The molecule has 0 spiro atoms. The number of benzene rings is 2. The van der Waals surface area contributed by atoms with Crippen LogP contribution in [0, 0.1) is 6.92 Å². The van der Waals surface area contributed by atoms with Gasteiger partial charge in [0.05, 0.1) is 27.0 Å². The highest BCUT2D eigenvalue weighted by molar-refractivity contribution is 7.09. The van der Waals surface area contributed by atoms with Crippen LogP contribution in [-0.4, -0.2) is 31.8 Å². The second-order valence-electron chi connectivity index (χ2n) is 6.06. The zero-order valence-corrected chi connectivity index (χ0v) is 17.3. The van der Waals surface area contributed by atoms with Gasteiger partial charge in [-0.15, -0.1) is 11.3 Å². The van der Waals surface area contributed by atoms with E-state index in [9.17, 15) is 4.79 Å². The number of methoxy groups -OCH3 is 3. The lowest BCUT2D eigenvalue weighted by molar-refractivity contribution is 0.0997. The highest BCUT2D eigenvalue weighted by atomic mass is 32.1. The standard InChI is InChI=1S/C21H22N2O4S/c1-13-19(14-6-9-16(25-3)10-7-14)23(2)21(28-13)22-20(24)15-8-11-17(26-4)18(12-15)27-5/h6-12H,1-5H3. The first-order chi connectivity index (χ1) is 13.5. The van der Waals surface area contributed by atoms with Crippen LogP contribution in [0.4, 0.5) is 0 Å². The molecule has 2 aromatic carbocycles. The minimum Gasteiger partial charge on any atom is -0.497 e. The van der Waals surface area contributed by atoms with Crippen molar-refractivity contribution in [3.8, 4) is 28.5 Å². The minimum atomic E-state index is -0.334. The Hall–Kier alpha value is -3.06. The van der Waals surface area contributed by atoms with Crippen LogP contribution in [0.2, 0.25) is 0 Å². The van der Waals surface area contributed by atoms with Crippen molar-refractivity contribution in [2.45, 2.75) is 6.92 Å². The lowest BCUT2D eigenvalue weighted by atomic mass is 10.1. The lowest BCUT2D eigenvalue weighted by Crippen LogP contribution is -2.14. The fourth-order valence-corrected chi connectivity index (χ4v) is 3.93. The number of nitrogens with zero attached hydrogens (tertiary/aromatic N) is 2. The van der Waals surface area contributed by atoms with Crippen molar-refractivity contribution in [1.82, 2.24) is 4.57 Å². The van der Waals surface area contributed by atoms with Gasteiger partial charge in [0.25, 0.3) is 5.91 Å². The van der Waals surface area contributed by atoms with Crippen LogP contribution in [0.3, 0.4) is 0 Å². The Morgan fingerprint density at radius 2 is 1.64 bits per heavy atom. The van der Waals surface area contributed by atoms with Crippen LogP contribution in [0.1, 0.15) is 15.2 Å². The summed E-state index contributed by atoms with van der Waals surface area (Å²) in [7, 11) is 6.64. The monoisotopic (exact) mass is 398 g/mol. The van der Waals surface area contributed by atoms with E-state index in [1.54, 1.807) is 32.4 Å². The van der Waals surface area contributed by atoms with E-state index in [0.717, 1.165) is 21.9 Å².